The maximum atomic E-state index is 11.4. The molecular formula is C11H19ClN4O4. The van der Waals surface area contributed by atoms with Crippen LogP contribution in [0.3, 0.4) is 0 Å². The van der Waals surface area contributed by atoms with E-state index in [-0.39, 0.29) is 37.0 Å². The Labute approximate surface area is 122 Å². The van der Waals surface area contributed by atoms with Gasteiger partial charge in [0.15, 0.2) is 0 Å². The average Bonchev–Trinajstić information content (AvgIpc) is 2.41. The van der Waals surface area contributed by atoms with E-state index in [1.807, 2.05) is 0 Å². The summed E-state index contributed by atoms with van der Waals surface area (Å²) >= 11 is 5.34. The van der Waals surface area contributed by atoms with Crippen molar-refractivity contribution in [2.45, 2.75) is 39.3 Å². The van der Waals surface area contributed by atoms with E-state index in [2.05, 4.69) is 21.5 Å². The molecule has 0 radical (unpaired) electrons. The molecule has 20 heavy (non-hydrogen) atoms. The molecule has 0 saturated heterocycles. The van der Waals surface area contributed by atoms with Crippen molar-refractivity contribution in [1.29, 1.82) is 0 Å². The number of hydrogen-bond acceptors (Lipinski definition) is 4. The molecule has 0 heterocycles. The number of amides is 4. The van der Waals surface area contributed by atoms with Gasteiger partial charge in [-0.3, -0.25) is 30.0 Å². The van der Waals surface area contributed by atoms with Crippen LogP contribution in [0.15, 0.2) is 0 Å². The molecule has 0 fully saturated rings. The van der Waals surface area contributed by atoms with Crippen molar-refractivity contribution in [3.8, 4) is 0 Å². The Kier molecular flexibility index (Phi) is 9.10. The maximum Gasteiger partial charge on any atom is 0.238 e. The smallest absolute Gasteiger partial charge is 0.238 e. The summed E-state index contributed by atoms with van der Waals surface area (Å²) in [6, 6.07) is 0. The predicted molar refractivity (Wildman–Crippen MR) is 72.3 cm³/mol. The number of rotatable bonds is 7. The highest BCUT2D eigenvalue weighted by Crippen LogP contribution is 1.95. The molecule has 0 aliphatic rings. The van der Waals surface area contributed by atoms with Crippen LogP contribution in [0.2, 0.25) is 0 Å². The predicted octanol–water partition coefficient (Wildman–Crippen LogP) is -0.859. The second-order valence-electron chi connectivity index (χ2n) is 3.94. The first-order chi connectivity index (χ1) is 9.38. The third-order valence-corrected chi connectivity index (χ3v) is 2.40. The molecule has 0 aromatic carbocycles. The highest BCUT2D eigenvalue weighted by atomic mass is 35.5. The average molecular weight is 307 g/mol. The standard InChI is InChI=1S/C11H19ClN4O4/c1-3-9(18)15-16-10(19)5-4-8(13-7(2)17)14-11(20)6-12/h8H,3-6H2,1-2H3,(H,13,17)(H,14,20)(H,15,18)(H,16,19). The van der Waals surface area contributed by atoms with E-state index in [1.54, 1.807) is 6.92 Å². The molecular weight excluding hydrogens is 288 g/mol. The molecule has 1 atom stereocenters. The summed E-state index contributed by atoms with van der Waals surface area (Å²) < 4.78 is 0. The van der Waals surface area contributed by atoms with Gasteiger partial charge in [-0.05, 0) is 6.42 Å². The van der Waals surface area contributed by atoms with Crippen LogP contribution in [-0.2, 0) is 19.2 Å². The maximum absolute atomic E-state index is 11.4. The molecule has 8 nitrogen and oxygen atoms in total. The Bertz CT molecular complexity index is 375. The summed E-state index contributed by atoms with van der Waals surface area (Å²) in [7, 11) is 0. The zero-order valence-electron chi connectivity index (χ0n) is 11.4. The first-order valence-corrected chi connectivity index (χ1v) is 6.62. The van der Waals surface area contributed by atoms with Crippen molar-refractivity contribution in [2.24, 2.45) is 0 Å². The second-order valence-corrected chi connectivity index (χ2v) is 4.21. The first kappa shape index (κ1) is 18.2. The van der Waals surface area contributed by atoms with Crippen molar-refractivity contribution >= 4 is 35.2 Å². The van der Waals surface area contributed by atoms with Gasteiger partial charge in [-0.1, -0.05) is 6.92 Å². The van der Waals surface area contributed by atoms with Crippen LogP contribution in [0.1, 0.15) is 33.1 Å². The normalized spacial score (nSPS) is 11.2. The number of carbonyl (C=O) groups is 4. The van der Waals surface area contributed by atoms with Crippen LogP contribution >= 0.6 is 11.6 Å². The van der Waals surface area contributed by atoms with Gasteiger partial charge in [-0.2, -0.15) is 0 Å². The van der Waals surface area contributed by atoms with Gasteiger partial charge in [-0.15, -0.1) is 11.6 Å². The minimum absolute atomic E-state index is 0.0114. The Morgan fingerprint density at radius 1 is 1.00 bits per heavy atom. The fourth-order valence-electron chi connectivity index (χ4n) is 1.22. The van der Waals surface area contributed by atoms with Gasteiger partial charge in [0.2, 0.25) is 23.6 Å². The molecule has 0 bridgehead atoms. The van der Waals surface area contributed by atoms with E-state index < -0.39 is 18.0 Å². The summed E-state index contributed by atoms with van der Waals surface area (Å²) in [5.74, 6) is -1.78. The summed E-state index contributed by atoms with van der Waals surface area (Å²) in [5, 5.41) is 4.94. The first-order valence-electron chi connectivity index (χ1n) is 6.09. The lowest BCUT2D eigenvalue weighted by molar-refractivity contribution is -0.129. The van der Waals surface area contributed by atoms with Crippen molar-refractivity contribution < 1.29 is 19.2 Å². The van der Waals surface area contributed by atoms with Crippen molar-refractivity contribution in [1.82, 2.24) is 21.5 Å². The molecule has 0 spiro atoms. The number of alkyl halides is 1. The van der Waals surface area contributed by atoms with E-state index in [0.717, 1.165) is 0 Å². The van der Waals surface area contributed by atoms with E-state index in [4.69, 9.17) is 11.6 Å². The van der Waals surface area contributed by atoms with Crippen LogP contribution in [0.5, 0.6) is 0 Å². The number of hydrogen-bond donors (Lipinski definition) is 4. The molecule has 0 rings (SSSR count). The zero-order valence-corrected chi connectivity index (χ0v) is 12.2. The fraction of sp³-hybridized carbons (Fsp3) is 0.636. The molecule has 0 aliphatic carbocycles. The van der Waals surface area contributed by atoms with Crippen molar-refractivity contribution in [2.75, 3.05) is 5.88 Å². The highest BCUT2D eigenvalue weighted by Gasteiger charge is 2.14. The van der Waals surface area contributed by atoms with Crippen LogP contribution < -0.4 is 21.5 Å². The number of hydrazine groups is 1. The molecule has 0 aromatic heterocycles. The molecule has 0 aliphatic heterocycles. The molecule has 4 amide bonds. The number of halogens is 1. The Morgan fingerprint density at radius 2 is 1.60 bits per heavy atom. The quantitative estimate of drug-likeness (QED) is 0.278. The molecule has 9 heteroatoms. The zero-order chi connectivity index (χ0) is 15.5. The Morgan fingerprint density at radius 3 is 2.10 bits per heavy atom. The van der Waals surface area contributed by atoms with Gasteiger partial charge in [0.1, 0.15) is 12.0 Å². The fourth-order valence-corrected chi connectivity index (χ4v) is 1.30. The summed E-state index contributed by atoms with van der Waals surface area (Å²) in [4.78, 5) is 44.5. The van der Waals surface area contributed by atoms with Gasteiger partial charge in [0.05, 0.1) is 0 Å². The lowest BCUT2D eigenvalue weighted by Crippen LogP contribution is -2.49. The van der Waals surface area contributed by atoms with E-state index in [0.29, 0.717) is 0 Å². The van der Waals surface area contributed by atoms with Gasteiger partial charge >= 0.3 is 0 Å². The van der Waals surface area contributed by atoms with Gasteiger partial charge in [0.25, 0.3) is 0 Å². The SMILES string of the molecule is CCC(=O)NNC(=O)CCC(NC(C)=O)NC(=O)CCl. The summed E-state index contributed by atoms with van der Waals surface area (Å²) in [6.07, 6.45) is -0.250. The minimum Gasteiger partial charge on any atom is -0.336 e. The van der Waals surface area contributed by atoms with Crippen LogP contribution in [0.4, 0.5) is 0 Å². The Balaban J connectivity index is 4.16. The van der Waals surface area contributed by atoms with Gasteiger partial charge in [-0.25, -0.2) is 0 Å². The van der Waals surface area contributed by atoms with Crippen molar-refractivity contribution in [3.63, 3.8) is 0 Å². The third kappa shape index (κ3) is 9.15. The number of carbonyl (C=O) groups excluding carboxylic acids is 4. The molecule has 1 unspecified atom stereocenters. The molecule has 0 aromatic rings. The monoisotopic (exact) mass is 306 g/mol. The van der Waals surface area contributed by atoms with Crippen LogP contribution in [0.25, 0.3) is 0 Å². The topological polar surface area (TPSA) is 116 Å². The van der Waals surface area contributed by atoms with Crippen LogP contribution in [0, 0.1) is 0 Å². The summed E-state index contributed by atoms with van der Waals surface area (Å²) in [6.45, 7) is 2.94. The lowest BCUT2D eigenvalue weighted by Gasteiger charge is -2.18. The van der Waals surface area contributed by atoms with Crippen molar-refractivity contribution in [3.05, 3.63) is 0 Å². The third-order valence-electron chi connectivity index (χ3n) is 2.16. The molecule has 4 N–H and O–H groups in total. The van der Waals surface area contributed by atoms with E-state index in [9.17, 15) is 19.2 Å². The highest BCUT2D eigenvalue weighted by molar-refractivity contribution is 6.27. The van der Waals surface area contributed by atoms with Crippen LogP contribution in [-0.4, -0.2) is 35.7 Å². The Hall–Kier alpha value is -1.83. The minimum atomic E-state index is -0.689. The largest absolute Gasteiger partial charge is 0.336 e. The molecule has 114 valence electrons. The molecule has 0 saturated carbocycles. The lowest BCUT2D eigenvalue weighted by atomic mass is 10.2. The van der Waals surface area contributed by atoms with Gasteiger partial charge < -0.3 is 10.6 Å². The van der Waals surface area contributed by atoms with Gasteiger partial charge in [0, 0.05) is 19.8 Å². The number of nitrogens with one attached hydrogen (secondary N) is 4. The van der Waals surface area contributed by atoms with E-state index in [1.165, 1.54) is 6.92 Å². The van der Waals surface area contributed by atoms with E-state index >= 15 is 0 Å². The summed E-state index contributed by atoms with van der Waals surface area (Å²) in [5.41, 5.74) is 4.43. The second kappa shape index (κ2) is 10.0.